The Hall–Kier alpha value is -7.37. The third-order valence-electron chi connectivity index (χ3n) is 11.0. The number of nitrogens with two attached hydrogens (primary N) is 1. The standard InChI is InChI=1S/C49H52N6O11/c1-30(56)64-44-43(66-41(59)25-24-39(50)57)38(26-63-49(32-10-8-7-9-11-32,33-14-18-35(60-5)19-15-33)34-16-20-36(61-6)21-17-34)65-47(44)55-29-53-42-45(51-28-52-46(42)55)54-40(58)27-62-37-22-12-31(13-23-37)48(2,3)4/h7-23,28-29,38,43-44,47H,24-27H2,1-6H3,(H2,50,57)(H,51,52,54,58)/t38-,43-,44-,47-/m1/s1. The molecule has 0 spiro atoms. The summed E-state index contributed by atoms with van der Waals surface area (Å²) in [7, 11) is 3.15. The second-order valence-corrected chi connectivity index (χ2v) is 16.5. The van der Waals surface area contributed by atoms with E-state index in [2.05, 4.69) is 41.0 Å². The molecule has 3 N–H and O–H groups in total. The molecule has 4 aromatic carbocycles. The fourth-order valence-corrected chi connectivity index (χ4v) is 7.74. The summed E-state index contributed by atoms with van der Waals surface area (Å²) in [4.78, 5) is 64.5. The van der Waals surface area contributed by atoms with E-state index in [0.717, 1.165) is 22.3 Å². The Bertz CT molecular complexity index is 2580. The number of anilines is 1. The van der Waals surface area contributed by atoms with Crippen LogP contribution in [0.25, 0.3) is 11.2 Å². The van der Waals surface area contributed by atoms with E-state index >= 15 is 0 Å². The zero-order chi connectivity index (χ0) is 47.0. The first-order valence-electron chi connectivity index (χ1n) is 21.2. The van der Waals surface area contributed by atoms with Crippen LogP contribution >= 0.6 is 0 Å². The molecule has 1 fully saturated rings. The minimum absolute atomic E-state index is 0.0460. The molecule has 0 unspecified atom stereocenters. The first kappa shape index (κ1) is 46.6. The SMILES string of the molecule is COc1ccc(C(OC[C@H]2O[C@@H](n3cnc4c(NC(=O)COc5ccc(C(C)(C)C)cc5)ncnc43)[C@H](OC(C)=O)[C@@H]2OC(=O)CCC(N)=O)(c2ccccc2)c2ccc(OC)cc2)cc1. The second kappa shape index (κ2) is 20.2. The number of esters is 2. The number of imidazole rings is 1. The zero-order valence-corrected chi connectivity index (χ0v) is 37.5. The van der Waals surface area contributed by atoms with E-state index < -0.39 is 53.9 Å². The first-order chi connectivity index (χ1) is 31.7. The van der Waals surface area contributed by atoms with Gasteiger partial charge in [0.2, 0.25) is 5.91 Å². The number of ether oxygens (including phenoxy) is 7. The Morgan fingerprint density at radius 2 is 1.32 bits per heavy atom. The van der Waals surface area contributed by atoms with Crippen molar-refractivity contribution in [3.05, 3.63) is 138 Å². The molecule has 66 heavy (non-hydrogen) atoms. The van der Waals surface area contributed by atoms with Crippen LogP contribution in [0, 0.1) is 0 Å². The minimum Gasteiger partial charge on any atom is -0.497 e. The molecule has 0 aliphatic carbocycles. The van der Waals surface area contributed by atoms with E-state index in [1.807, 2.05) is 91.0 Å². The lowest BCUT2D eigenvalue weighted by Gasteiger charge is -2.37. The number of benzene rings is 4. The summed E-state index contributed by atoms with van der Waals surface area (Å²) in [5.41, 5.74) is 7.69. The van der Waals surface area contributed by atoms with Crippen LogP contribution in [0.15, 0.2) is 116 Å². The van der Waals surface area contributed by atoms with Gasteiger partial charge in [0, 0.05) is 13.3 Å². The van der Waals surface area contributed by atoms with Gasteiger partial charge in [-0.3, -0.25) is 23.7 Å². The van der Waals surface area contributed by atoms with Gasteiger partial charge in [0.25, 0.3) is 5.91 Å². The van der Waals surface area contributed by atoms with Gasteiger partial charge in [-0.15, -0.1) is 0 Å². The lowest BCUT2D eigenvalue weighted by atomic mass is 9.80. The Morgan fingerprint density at radius 3 is 1.89 bits per heavy atom. The van der Waals surface area contributed by atoms with Crippen molar-refractivity contribution in [3.8, 4) is 17.2 Å². The van der Waals surface area contributed by atoms with Gasteiger partial charge in [-0.25, -0.2) is 15.0 Å². The van der Waals surface area contributed by atoms with Crippen molar-refractivity contribution in [2.75, 3.05) is 32.8 Å². The van der Waals surface area contributed by atoms with E-state index in [4.69, 9.17) is 38.9 Å². The Morgan fingerprint density at radius 1 is 0.727 bits per heavy atom. The number of nitrogens with one attached hydrogen (secondary N) is 1. The highest BCUT2D eigenvalue weighted by molar-refractivity contribution is 5.97. The average molecular weight is 901 g/mol. The molecule has 344 valence electrons. The highest BCUT2D eigenvalue weighted by Gasteiger charge is 2.52. The Labute approximate surface area is 381 Å². The van der Waals surface area contributed by atoms with Gasteiger partial charge >= 0.3 is 11.9 Å². The van der Waals surface area contributed by atoms with Crippen molar-refractivity contribution < 1.29 is 52.3 Å². The fraction of sp³-hybridized carbons (Fsp3) is 0.327. The van der Waals surface area contributed by atoms with Crippen molar-refractivity contribution in [1.82, 2.24) is 19.5 Å². The fourth-order valence-electron chi connectivity index (χ4n) is 7.74. The number of amides is 2. The van der Waals surface area contributed by atoms with Gasteiger partial charge in [-0.2, -0.15) is 0 Å². The Balaban J connectivity index is 1.23. The van der Waals surface area contributed by atoms with Crippen LogP contribution in [-0.2, 0) is 49.1 Å². The van der Waals surface area contributed by atoms with Crippen LogP contribution < -0.4 is 25.3 Å². The van der Waals surface area contributed by atoms with Crippen LogP contribution in [0.2, 0.25) is 0 Å². The lowest BCUT2D eigenvalue weighted by Crippen LogP contribution is -2.43. The normalized spacial score (nSPS) is 17.2. The van der Waals surface area contributed by atoms with Crippen LogP contribution in [0.5, 0.6) is 17.2 Å². The molecule has 17 nitrogen and oxygen atoms in total. The number of methoxy groups -OCH3 is 2. The minimum atomic E-state index is -1.32. The predicted octanol–water partition coefficient (Wildman–Crippen LogP) is 6.17. The summed E-state index contributed by atoms with van der Waals surface area (Å²) in [6, 6.07) is 31.9. The molecule has 4 atom stereocenters. The number of carbonyl (C=O) groups excluding carboxylic acids is 4. The van der Waals surface area contributed by atoms with Gasteiger partial charge in [0.05, 0.1) is 33.6 Å². The van der Waals surface area contributed by atoms with E-state index in [9.17, 15) is 19.2 Å². The number of hydrogen-bond donors (Lipinski definition) is 2. The molecule has 1 aliphatic heterocycles. The smallest absolute Gasteiger partial charge is 0.306 e. The quantitative estimate of drug-likeness (QED) is 0.0729. The molecule has 0 saturated carbocycles. The maximum atomic E-state index is 13.4. The number of rotatable bonds is 18. The molecule has 0 bridgehead atoms. The average Bonchev–Trinajstić information content (AvgIpc) is 3.89. The van der Waals surface area contributed by atoms with Gasteiger partial charge in [0.15, 0.2) is 42.0 Å². The van der Waals surface area contributed by atoms with Crippen molar-refractivity contribution in [3.63, 3.8) is 0 Å². The monoisotopic (exact) mass is 900 g/mol. The largest absolute Gasteiger partial charge is 0.497 e. The number of aromatic nitrogens is 4. The first-order valence-corrected chi connectivity index (χ1v) is 21.2. The van der Waals surface area contributed by atoms with Crippen LogP contribution in [-0.4, -0.2) is 89.0 Å². The van der Waals surface area contributed by atoms with Crippen LogP contribution in [0.3, 0.4) is 0 Å². The topological polar surface area (TPSA) is 215 Å². The van der Waals surface area contributed by atoms with Gasteiger partial charge in [0.1, 0.15) is 35.3 Å². The second-order valence-electron chi connectivity index (χ2n) is 16.5. The number of hydrogen-bond acceptors (Lipinski definition) is 14. The molecular formula is C49H52N6O11. The highest BCUT2D eigenvalue weighted by Crippen LogP contribution is 2.44. The van der Waals surface area contributed by atoms with E-state index in [1.165, 1.54) is 24.1 Å². The summed E-state index contributed by atoms with van der Waals surface area (Å²) in [5, 5.41) is 2.74. The molecule has 7 rings (SSSR count). The number of primary amides is 1. The number of carbonyl (C=O) groups is 4. The van der Waals surface area contributed by atoms with E-state index in [1.54, 1.807) is 26.4 Å². The molecule has 2 aromatic heterocycles. The highest BCUT2D eigenvalue weighted by atomic mass is 16.7. The third kappa shape index (κ3) is 10.4. The van der Waals surface area contributed by atoms with Crippen LogP contribution in [0.4, 0.5) is 5.82 Å². The van der Waals surface area contributed by atoms with Crippen molar-refractivity contribution in [1.29, 1.82) is 0 Å². The van der Waals surface area contributed by atoms with E-state index in [0.29, 0.717) is 17.2 Å². The van der Waals surface area contributed by atoms with Crippen molar-refractivity contribution in [2.45, 2.75) is 76.1 Å². The molecule has 17 heteroatoms. The number of fused-ring (bicyclic) bond motifs is 1. The molecule has 3 heterocycles. The molecule has 1 saturated heterocycles. The Kier molecular flexibility index (Phi) is 14.3. The summed E-state index contributed by atoms with van der Waals surface area (Å²) in [5.74, 6) is -0.859. The van der Waals surface area contributed by atoms with E-state index in [-0.39, 0.29) is 48.5 Å². The predicted molar refractivity (Wildman–Crippen MR) is 241 cm³/mol. The third-order valence-corrected chi connectivity index (χ3v) is 11.0. The molecule has 0 radical (unpaired) electrons. The van der Waals surface area contributed by atoms with Crippen LogP contribution in [0.1, 0.15) is 69.0 Å². The van der Waals surface area contributed by atoms with Gasteiger partial charge in [-0.05, 0) is 64.1 Å². The number of nitrogens with zero attached hydrogens (tertiary/aromatic N) is 4. The van der Waals surface area contributed by atoms with Crippen molar-refractivity contribution >= 4 is 40.7 Å². The summed E-state index contributed by atoms with van der Waals surface area (Å²) < 4.78 is 44.1. The van der Waals surface area contributed by atoms with Gasteiger partial charge < -0.3 is 44.2 Å². The summed E-state index contributed by atoms with van der Waals surface area (Å²) >= 11 is 0. The van der Waals surface area contributed by atoms with Crippen molar-refractivity contribution in [2.24, 2.45) is 5.73 Å². The maximum absolute atomic E-state index is 13.4. The molecule has 2 amide bonds. The molecular weight excluding hydrogens is 849 g/mol. The zero-order valence-electron chi connectivity index (χ0n) is 37.5. The summed E-state index contributed by atoms with van der Waals surface area (Å²) in [6.45, 7) is 6.96. The summed E-state index contributed by atoms with van der Waals surface area (Å²) in [6.07, 6.45) is -2.94. The lowest BCUT2D eigenvalue weighted by molar-refractivity contribution is -0.168. The van der Waals surface area contributed by atoms with Gasteiger partial charge in [-0.1, -0.05) is 87.5 Å². The maximum Gasteiger partial charge on any atom is 0.306 e. The molecule has 1 aliphatic rings. The molecule has 6 aromatic rings.